The second kappa shape index (κ2) is 6.29. The molecule has 0 aliphatic rings. The molecule has 0 saturated carbocycles. The summed E-state index contributed by atoms with van der Waals surface area (Å²) >= 11 is -0.194. The van der Waals surface area contributed by atoms with Gasteiger partial charge in [0.1, 0.15) is 11.6 Å². The van der Waals surface area contributed by atoms with Crippen LogP contribution in [-0.4, -0.2) is 23.0 Å². The van der Waals surface area contributed by atoms with Gasteiger partial charge in [-0.1, -0.05) is 0 Å². The Balaban J connectivity index is 2.47. The fraction of sp³-hybridized carbons (Fsp3) is 0.455. The van der Waals surface area contributed by atoms with E-state index in [1.165, 1.54) is 19.1 Å². The summed E-state index contributed by atoms with van der Waals surface area (Å²) in [5, 5.41) is 9.19. The molecule has 1 aromatic rings. The molecule has 2 nitrogen and oxygen atoms in total. The molecule has 0 radical (unpaired) electrons. The van der Waals surface area contributed by atoms with E-state index in [4.69, 9.17) is 4.74 Å². The van der Waals surface area contributed by atoms with Crippen molar-refractivity contribution in [3.05, 3.63) is 29.6 Å². The number of hydrogen-bond donors (Lipinski definition) is 1. The zero-order chi connectivity index (χ0) is 13.8. The Morgan fingerprint density at radius 2 is 2.06 bits per heavy atom. The number of rotatable bonds is 5. The van der Waals surface area contributed by atoms with Crippen molar-refractivity contribution >= 4 is 11.8 Å². The van der Waals surface area contributed by atoms with Gasteiger partial charge in [0.15, 0.2) is 0 Å². The molecule has 18 heavy (non-hydrogen) atoms. The minimum absolute atomic E-state index is 0.118. The van der Waals surface area contributed by atoms with Crippen molar-refractivity contribution in [2.75, 3.05) is 12.4 Å². The molecule has 0 aliphatic heterocycles. The highest BCUT2D eigenvalue weighted by Crippen LogP contribution is 2.30. The third-order valence-corrected chi connectivity index (χ3v) is 2.74. The molecule has 1 N–H and O–H groups in total. The summed E-state index contributed by atoms with van der Waals surface area (Å²) in [6.45, 7) is 1.25. The number of aliphatic hydroxyl groups is 1. The van der Waals surface area contributed by atoms with Crippen LogP contribution in [0.25, 0.3) is 0 Å². The molecule has 0 amide bonds. The maximum atomic E-state index is 13.4. The van der Waals surface area contributed by atoms with Crippen LogP contribution in [0.5, 0.6) is 5.75 Å². The number of thioether (sulfide) groups is 1. The summed E-state index contributed by atoms with van der Waals surface area (Å²) in [6.07, 6.45) is -0.945. The quantitative estimate of drug-likeness (QED) is 0.662. The van der Waals surface area contributed by atoms with Crippen LogP contribution >= 0.6 is 11.8 Å². The van der Waals surface area contributed by atoms with Crippen molar-refractivity contribution in [3.63, 3.8) is 0 Å². The zero-order valence-electron chi connectivity index (χ0n) is 9.50. The maximum absolute atomic E-state index is 13.4. The summed E-state index contributed by atoms with van der Waals surface area (Å²) in [5.41, 5.74) is -4.17. The average molecular weight is 284 g/mol. The highest BCUT2D eigenvalue weighted by molar-refractivity contribution is 8.00. The summed E-state index contributed by atoms with van der Waals surface area (Å²) in [4.78, 5) is 0. The van der Waals surface area contributed by atoms with Crippen LogP contribution in [0, 0.1) is 5.82 Å². The van der Waals surface area contributed by atoms with Crippen LogP contribution in [0.1, 0.15) is 18.6 Å². The van der Waals surface area contributed by atoms with E-state index < -0.39 is 17.4 Å². The minimum atomic E-state index is -4.29. The second-order valence-electron chi connectivity index (χ2n) is 3.50. The molecular formula is C11H12F4O2S. The van der Waals surface area contributed by atoms with Crippen molar-refractivity contribution in [2.24, 2.45) is 0 Å². The number of halogens is 4. The Labute approximate surface area is 106 Å². The Kier molecular flexibility index (Phi) is 5.28. The van der Waals surface area contributed by atoms with Crippen LogP contribution < -0.4 is 4.74 Å². The van der Waals surface area contributed by atoms with Gasteiger partial charge < -0.3 is 9.84 Å². The number of hydrogen-bond acceptors (Lipinski definition) is 3. The Morgan fingerprint density at radius 3 is 2.56 bits per heavy atom. The Bertz CT molecular complexity index is 393. The van der Waals surface area contributed by atoms with Gasteiger partial charge in [0.05, 0.1) is 12.7 Å². The van der Waals surface area contributed by atoms with Crippen molar-refractivity contribution < 1.29 is 27.4 Å². The molecule has 102 valence electrons. The number of ether oxygens (including phenoxy) is 1. The van der Waals surface area contributed by atoms with E-state index in [-0.39, 0.29) is 35.4 Å². The van der Waals surface area contributed by atoms with Crippen LogP contribution in [0.2, 0.25) is 0 Å². The lowest BCUT2D eigenvalue weighted by molar-refractivity contribution is -0.0329. The first-order valence-corrected chi connectivity index (χ1v) is 6.09. The monoisotopic (exact) mass is 284 g/mol. The standard InChI is InChI=1S/C11H12F4O2S/c1-7(16)9-3-2-8(6-10(9)12)17-4-5-18-11(13,14)15/h2-3,6-7,16H,4-5H2,1H3/t7-/m0/s1. The molecule has 1 aromatic carbocycles. The summed E-state index contributed by atoms with van der Waals surface area (Å²) in [5.74, 6) is -0.769. The lowest BCUT2D eigenvalue weighted by Crippen LogP contribution is -2.07. The number of alkyl halides is 3. The van der Waals surface area contributed by atoms with Gasteiger partial charge in [-0.05, 0) is 30.8 Å². The molecule has 0 aliphatic carbocycles. The molecule has 0 unspecified atom stereocenters. The first-order valence-electron chi connectivity index (χ1n) is 5.10. The van der Waals surface area contributed by atoms with Gasteiger partial charge in [-0.25, -0.2) is 4.39 Å². The van der Waals surface area contributed by atoms with Gasteiger partial charge in [-0.3, -0.25) is 0 Å². The Morgan fingerprint density at radius 1 is 1.39 bits per heavy atom. The molecule has 1 rings (SSSR count). The van der Waals surface area contributed by atoms with Crippen molar-refractivity contribution in [3.8, 4) is 5.75 Å². The lowest BCUT2D eigenvalue weighted by atomic mass is 10.1. The number of benzene rings is 1. The SMILES string of the molecule is C[C@H](O)c1ccc(OCCSC(F)(F)F)cc1F. The predicted molar refractivity (Wildman–Crippen MR) is 61.0 cm³/mol. The van der Waals surface area contributed by atoms with Crippen LogP contribution in [0.3, 0.4) is 0 Å². The molecule has 0 fully saturated rings. The normalized spacial score (nSPS) is 13.4. The highest BCUT2D eigenvalue weighted by Gasteiger charge is 2.27. The molecule has 0 heterocycles. The molecule has 0 aromatic heterocycles. The zero-order valence-corrected chi connectivity index (χ0v) is 10.3. The van der Waals surface area contributed by atoms with Crippen LogP contribution in [0.15, 0.2) is 18.2 Å². The van der Waals surface area contributed by atoms with E-state index in [2.05, 4.69) is 0 Å². The molecule has 1 atom stereocenters. The average Bonchev–Trinajstić information content (AvgIpc) is 2.22. The largest absolute Gasteiger partial charge is 0.493 e. The van der Waals surface area contributed by atoms with E-state index in [1.54, 1.807) is 0 Å². The van der Waals surface area contributed by atoms with Crippen LogP contribution in [0.4, 0.5) is 17.6 Å². The molecule has 0 saturated heterocycles. The van der Waals surface area contributed by atoms with Crippen molar-refractivity contribution in [1.29, 1.82) is 0 Å². The first kappa shape index (κ1) is 15.1. The molecular weight excluding hydrogens is 272 g/mol. The molecule has 0 spiro atoms. The van der Waals surface area contributed by atoms with Gasteiger partial charge in [0.2, 0.25) is 0 Å². The van der Waals surface area contributed by atoms with E-state index in [0.29, 0.717) is 0 Å². The van der Waals surface area contributed by atoms with Crippen molar-refractivity contribution in [1.82, 2.24) is 0 Å². The number of aliphatic hydroxyl groups excluding tert-OH is 1. The topological polar surface area (TPSA) is 29.5 Å². The Hall–Kier alpha value is -0.950. The van der Waals surface area contributed by atoms with Gasteiger partial charge in [0.25, 0.3) is 0 Å². The molecule has 0 bridgehead atoms. The fourth-order valence-electron chi connectivity index (χ4n) is 1.25. The maximum Gasteiger partial charge on any atom is 0.441 e. The summed E-state index contributed by atoms with van der Waals surface area (Å²) < 4.78 is 53.8. The fourth-order valence-corrected chi connectivity index (χ4v) is 1.65. The molecule has 7 heteroatoms. The van der Waals surface area contributed by atoms with E-state index in [9.17, 15) is 22.7 Å². The highest BCUT2D eigenvalue weighted by atomic mass is 32.2. The van der Waals surface area contributed by atoms with E-state index in [0.717, 1.165) is 6.07 Å². The second-order valence-corrected chi connectivity index (χ2v) is 4.66. The lowest BCUT2D eigenvalue weighted by Gasteiger charge is -2.10. The van der Waals surface area contributed by atoms with E-state index in [1.807, 2.05) is 0 Å². The van der Waals surface area contributed by atoms with E-state index >= 15 is 0 Å². The summed E-state index contributed by atoms with van der Waals surface area (Å²) in [6, 6.07) is 3.79. The predicted octanol–water partition coefficient (Wildman–Crippen LogP) is 3.51. The van der Waals surface area contributed by atoms with Gasteiger partial charge in [-0.15, -0.1) is 0 Å². The van der Waals surface area contributed by atoms with Gasteiger partial charge in [0, 0.05) is 17.4 Å². The van der Waals surface area contributed by atoms with Crippen molar-refractivity contribution in [2.45, 2.75) is 18.5 Å². The third kappa shape index (κ3) is 5.14. The smallest absolute Gasteiger partial charge is 0.441 e. The van der Waals surface area contributed by atoms with Gasteiger partial charge in [-0.2, -0.15) is 13.2 Å². The van der Waals surface area contributed by atoms with Crippen LogP contribution in [-0.2, 0) is 0 Å². The summed E-state index contributed by atoms with van der Waals surface area (Å²) in [7, 11) is 0. The van der Waals surface area contributed by atoms with Gasteiger partial charge >= 0.3 is 5.51 Å². The third-order valence-electron chi connectivity index (χ3n) is 2.04. The first-order chi connectivity index (χ1) is 8.29. The minimum Gasteiger partial charge on any atom is -0.493 e.